The normalized spacial score (nSPS) is 10.1. The van der Waals surface area contributed by atoms with Crippen LogP contribution in [0.5, 0.6) is 11.5 Å². The quantitative estimate of drug-likeness (QED) is 0.715. The Balaban J connectivity index is 2.07. The summed E-state index contributed by atoms with van der Waals surface area (Å²) in [6.07, 6.45) is 2.81. The van der Waals surface area contributed by atoms with Gasteiger partial charge in [0.1, 0.15) is 18.0 Å². The summed E-state index contributed by atoms with van der Waals surface area (Å²) in [6, 6.07) is 3.64. The molecule has 0 aliphatic heterocycles. The number of hydrogen-bond donors (Lipinski definition) is 3. The summed E-state index contributed by atoms with van der Waals surface area (Å²) < 4.78 is 5.80. The first-order chi connectivity index (χ1) is 9.99. The fourth-order valence-electron chi connectivity index (χ4n) is 1.62. The highest BCUT2D eigenvalue weighted by atomic mass is 16.5. The van der Waals surface area contributed by atoms with Gasteiger partial charge in [-0.2, -0.15) is 5.10 Å². The van der Waals surface area contributed by atoms with Crippen LogP contribution < -0.4 is 5.32 Å². The summed E-state index contributed by atoms with van der Waals surface area (Å²) in [6.45, 7) is -0.0726. The third-order valence-corrected chi connectivity index (χ3v) is 2.64. The van der Waals surface area contributed by atoms with Gasteiger partial charge in [-0.25, -0.2) is 0 Å². The highest BCUT2D eigenvalue weighted by Crippen LogP contribution is 2.23. The molecule has 1 aromatic carbocycles. The van der Waals surface area contributed by atoms with E-state index >= 15 is 0 Å². The molecule has 0 atom stereocenters. The number of nitrogens with one attached hydrogen (secondary N) is 1. The topological polar surface area (TPSA) is 114 Å². The van der Waals surface area contributed by atoms with Crippen molar-refractivity contribution in [3.8, 4) is 11.5 Å². The molecule has 110 valence electrons. The van der Waals surface area contributed by atoms with Gasteiger partial charge in [-0.3, -0.25) is 14.3 Å². The van der Waals surface area contributed by atoms with Gasteiger partial charge >= 0.3 is 5.97 Å². The summed E-state index contributed by atoms with van der Waals surface area (Å²) in [7, 11) is 1.27. The van der Waals surface area contributed by atoms with Crippen LogP contribution in [-0.2, 0) is 16.1 Å². The molecule has 0 unspecified atom stereocenters. The van der Waals surface area contributed by atoms with Crippen LogP contribution in [-0.4, -0.2) is 39.0 Å². The van der Waals surface area contributed by atoms with Gasteiger partial charge in [0.05, 0.1) is 24.6 Å². The highest BCUT2D eigenvalue weighted by molar-refractivity contribution is 6.06. The van der Waals surface area contributed by atoms with Crippen LogP contribution in [0.3, 0.4) is 0 Å². The standard InChI is InChI=1S/C13H13N3O5/c1-21-12(19)7-16-6-8(5-14-16)15-13(20)10-3-2-9(17)4-11(10)18/h2-6,17-18H,7H2,1H3,(H,15,20). The first-order valence-corrected chi connectivity index (χ1v) is 5.92. The molecule has 0 saturated heterocycles. The fraction of sp³-hybridized carbons (Fsp3) is 0.154. The van der Waals surface area contributed by atoms with Crippen molar-refractivity contribution in [3.63, 3.8) is 0 Å². The monoisotopic (exact) mass is 291 g/mol. The minimum Gasteiger partial charge on any atom is -0.508 e. The molecule has 0 aliphatic rings. The lowest BCUT2D eigenvalue weighted by atomic mass is 10.2. The molecule has 2 rings (SSSR count). The Bertz CT molecular complexity index is 680. The van der Waals surface area contributed by atoms with Crippen molar-refractivity contribution in [1.82, 2.24) is 9.78 Å². The van der Waals surface area contributed by atoms with Crippen molar-refractivity contribution in [1.29, 1.82) is 0 Å². The summed E-state index contributed by atoms with van der Waals surface area (Å²) in [4.78, 5) is 23.0. The van der Waals surface area contributed by atoms with Crippen molar-refractivity contribution in [3.05, 3.63) is 36.2 Å². The number of nitrogens with zero attached hydrogens (tertiary/aromatic N) is 2. The molecule has 0 aliphatic carbocycles. The third kappa shape index (κ3) is 3.50. The van der Waals surface area contributed by atoms with Crippen LogP contribution in [0.2, 0.25) is 0 Å². The van der Waals surface area contributed by atoms with Gasteiger partial charge in [-0.05, 0) is 12.1 Å². The van der Waals surface area contributed by atoms with E-state index in [1.807, 2.05) is 0 Å². The van der Waals surface area contributed by atoms with Crippen molar-refractivity contribution in [2.24, 2.45) is 0 Å². The Morgan fingerprint density at radius 1 is 1.38 bits per heavy atom. The number of methoxy groups -OCH3 is 1. The number of carbonyl (C=O) groups is 2. The number of anilines is 1. The lowest BCUT2D eigenvalue weighted by Crippen LogP contribution is -2.13. The molecule has 8 heteroatoms. The second kappa shape index (κ2) is 5.95. The smallest absolute Gasteiger partial charge is 0.327 e. The number of rotatable bonds is 4. The molecule has 8 nitrogen and oxygen atoms in total. The lowest BCUT2D eigenvalue weighted by Gasteiger charge is -2.05. The predicted molar refractivity (Wildman–Crippen MR) is 72.0 cm³/mol. The first kappa shape index (κ1) is 14.4. The van der Waals surface area contributed by atoms with Crippen LogP contribution in [0.25, 0.3) is 0 Å². The summed E-state index contributed by atoms with van der Waals surface area (Å²) in [5.74, 6) is -1.51. The van der Waals surface area contributed by atoms with Gasteiger partial charge in [-0.15, -0.1) is 0 Å². The van der Waals surface area contributed by atoms with Gasteiger partial charge in [0.15, 0.2) is 0 Å². The average Bonchev–Trinajstić information content (AvgIpc) is 2.85. The second-order valence-corrected chi connectivity index (χ2v) is 4.16. The molecule has 0 fully saturated rings. The molecular formula is C13H13N3O5. The SMILES string of the molecule is COC(=O)Cn1cc(NC(=O)c2ccc(O)cc2O)cn1. The Labute approximate surface area is 119 Å². The number of aromatic hydroxyl groups is 2. The van der Waals surface area contributed by atoms with E-state index in [-0.39, 0.29) is 23.6 Å². The number of amides is 1. The minimum absolute atomic E-state index is 0.00789. The number of esters is 1. The average molecular weight is 291 g/mol. The number of ether oxygens (including phenoxy) is 1. The Morgan fingerprint density at radius 2 is 2.14 bits per heavy atom. The van der Waals surface area contributed by atoms with E-state index in [0.29, 0.717) is 5.69 Å². The van der Waals surface area contributed by atoms with E-state index in [4.69, 9.17) is 0 Å². The molecular weight excluding hydrogens is 278 g/mol. The van der Waals surface area contributed by atoms with Gasteiger partial charge in [0.25, 0.3) is 5.91 Å². The van der Waals surface area contributed by atoms with Crippen molar-refractivity contribution >= 4 is 17.6 Å². The maximum atomic E-state index is 12.0. The zero-order valence-electron chi connectivity index (χ0n) is 11.1. The van der Waals surface area contributed by atoms with Gasteiger partial charge < -0.3 is 20.3 Å². The van der Waals surface area contributed by atoms with Gasteiger partial charge in [0, 0.05) is 12.3 Å². The Morgan fingerprint density at radius 3 is 2.81 bits per heavy atom. The lowest BCUT2D eigenvalue weighted by molar-refractivity contribution is -0.141. The largest absolute Gasteiger partial charge is 0.508 e. The molecule has 2 aromatic rings. The van der Waals surface area contributed by atoms with Gasteiger partial charge in [0.2, 0.25) is 0 Å². The Hall–Kier alpha value is -3.03. The zero-order chi connectivity index (χ0) is 15.4. The zero-order valence-corrected chi connectivity index (χ0v) is 11.1. The summed E-state index contributed by atoms with van der Waals surface area (Å²) in [5, 5.41) is 25.2. The number of carbonyl (C=O) groups excluding carboxylic acids is 2. The van der Waals surface area contributed by atoms with E-state index in [0.717, 1.165) is 6.07 Å². The molecule has 0 radical (unpaired) electrons. The van der Waals surface area contributed by atoms with Crippen LogP contribution >= 0.6 is 0 Å². The number of phenolic OH excluding ortho intramolecular Hbond substituents is 2. The molecule has 1 aromatic heterocycles. The van der Waals surface area contributed by atoms with Crippen molar-refractivity contribution in [2.45, 2.75) is 6.54 Å². The maximum absolute atomic E-state index is 12.0. The molecule has 1 amide bonds. The van der Waals surface area contributed by atoms with E-state index in [9.17, 15) is 19.8 Å². The molecule has 21 heavy (non-hydrogen) atoms. The predicted octanol–water partition coefficient (Wildman–Crippen LogP) is 0.720. The molecule has 3 N–H and O–H groups in total. The van der Waals surface area contributed by atoms with Crippen molar-refractivity contribution < 1.29 is 24.5 Å². The molecule has 0 spiro atoms. The van der Waals surface area contributed by atoms with E-state index < -0.39 is 11.9 Å². The van der Waals surface area contributed by atoms with Gasteiger partial charge in [-0.1, -0.05) is 0 Å². The van der Waals surface area contributed by atoms with E-state index in [1.165, 1.54) is 36.3 Å². The van der Waals surface area contributed by atoms with E-state index in [2.05, 4.69) is 15.2 Å². The fourth-order valence-corrected chi connectivity index (χ4v) is 1.62. The molecule has 1 heterocycles. The molecule has 0 saturated carbocycles. The highest BCUT2D eigenvalue weighted by Gasteiger charge is 2.13. The number of hydrogen-bond acceptors (Lipinski definition) is 6. The van der Waals surface area contributed by atoms with Crippen LogP contribution in [0.4, 0.5) is 5.69 Å². The number of phenols is 2. The molecule has 0 bridgehead atoms. The number of aromatic nitrogens is 2. The van der Waals surface area contributed by atoms with Crippen LogP contribution in [0.1, 0.15) is 10.4 Å². The Kier molecular flexibility index (Phi) is 4.07. The van der Waals surface area contributed by atoms with Crippen LogP contribution in [0, 0.1) is 0 Å². The number of benzene rings is 1. The summed E-state index contributed by atoms with van der Waals surface area (Å²) in [5.41, 5.74) is 0.366. The first-order valence-electron chi connectivity index (χ1n) is 5.92. The second-order valence-electron chi connectivity index (χ2n) is 4.16. The van der Waals surface area contributed by atoms with Crippen LogP contribution in [0.15, 0.2) is 30.6 Å². The van der Waals surface area contributed by atoms with Crippen molar-refractivity contribution in [2.75, 3.05) is 12.4 Å². The third-order valence-electron chi connectivity index (χ3n) is 2.64. The minimum atomic E-state index is -0.565. The summed E-state index contributed by atoms with van der Waals surface area (Å²) >= 11 is 0. The van der Waals surface area contributed by atoms with E-state index in [1.54, 1.807) is 0 Å². The maximum Gasteiger partial charge on any atom is 0.327 e.